The monoisotopic (exact) mass is 190 g/mol. The molecule has 0 aromatic rings. The normalized spacial score (nSPS) is 23.6. The van der Waals surface area contributed by atoms with Crippen molar-refractivity contribution in [2.75, 3.05) is 24.6 Å². The van der Waals surface area contributed by atoms with E-state index in [1.165, 1.54) is 0 Å². The summed E-state index contributed by atoms with van der Waals surface area (Å²) in [6.07, 6.45) is 0. The third-order valence-electron chi connectivity index (χ3n) is 1.64. The van der Waals surface area contributed by atoms with Crippen molar-refractivity contribution in [2.24, 2.45) is 4.36 Å². The molecule has 0 aliphatic carbocycles. The molecule has 1 N–H and O–H groups in total. The fraction of sp³-hybridized carbons (Fsp3) is 1.00. The molecule has 0 saturated carbocycles. The van der Waals surface area contributed by atoms with Crippen LogP contribution in [0.4, 0.5) is 0 Å². The molecule has 0 bridgehead atoms. The second kappa shape index (κ2) is 3.34. The first-order valence-electron chi connectivity index (χ1n) is 4.36. The summed E-state index contributed by atoms with van der Waals surface area (Å²) < 4.78 is 16.4. The van der Waals surface area contributed by atoms with Crippen LogP contribution in [-0.2, 0) is 9.73 Å². The smallest absolute Gasteiger partial charge is 0.0618 e. The Kier molecular flexibility index (Phi) is 2.78. The lowest BCUT2D eigenvalue weighted by molar-refractivity contribution is 0.575. The average Bonchev–Trinajstić information content (AvgIpc) is 1.83. The molecular formula is C8H18N2OS. The van der Waals surface area contributed by atoms with Gasteiger partial charge in [-0.05, 0) is 20.8 Å². The highest BCUT2D eigenvalue weighted by atomic mass is 32.2. The number of hydrogen-bond donors (Lipinski definition) is 1. The van der Waals surface area contributed by atoms with E-state index in [0.717, 1.165) is 13.1 Å². The Morgan fingerprint density at radius 3 is 2.17 bits per heavy atom. The molecule has 4 heteroatoms. The Bertz CT molecular complexity index is 247. The quantitative estimate of drug-likeness (QED) is 0.615. The van der Waals surface area contributed by atoms with E-state index in [9.17, 15) is 4.21 Å². The van der Waals surface area contributed by atoms with Gasteiger partial charge in [0.25, 0.3) is 0 Å². The molecule has 0 radical (unpaired) electrons. The molecule has 1 aliphatic rings. The molecule has 1 heterocycles. The summed E-state index contributed by atoms with van der Waals surface area (Å²) in [5.74, 6) is 1.43. The number of nitrogens with zero attached hydrogens (tertiary/aromatic N) is 1. The first-order chi connectivity index (χ1) is 5.41. The van der Waals surface area contributed by atoms with Gasteiger partial charge in [-0.3, -0.25) is 0 Å². The molecule has 12 heavy (non-hydrogen) atoms. The third-order valence-corrected chi connectivity index (χ3v) is 4.20. The Morgan fingerprint density at radius 2 is 1.75 bits per heavy atom. The van der Waals surface area contributed by atoms with Crippen molar-refractivity contribution >= 4 is 9.73 Å². The molecule has 0 aromatic heterocycles. The standard InChI is InChI=1S/C8H18N2OS/c1-8(2,3)10-12(11)6-4-9-5-7-12/h9H,4-7H2,1-3H3. The maximum Gasteiger partial charge on any atom is 0.0618 e. The van der Waals surface area contributed by atoms with Crippen LogP contribution in [0.5, 0.6) is 0 Å². The van der Waals surface area contributed by atoms with Gasteiger partial charge in [0.15, 0.2) is 0 Å². The van der Waals surface area contributed by atoms with Crippen molar-refractivity contribution in [1.82, 2.24) is 5.32 Å². The average molecular weight is 190 g/mol. The van der Waals surface area contributed by atoms with E-state index in [4.69, 9.17) is 0 Å². The van der Waals surface area contributed by atoms with E-state index in [0.29, 0.717) is 11.5 Å². The van der Waals surface area contributed by atoms with E-state index in [2.05, 4.69) is 9.68 Å². The fourth-order valence-corrected chi connectivity index (χ4v) is 3.59. The molecule has 3 nitrogen and oxygen atoms in total. The van der Waals surface area contributed by atoms with Crippen LogP contribution in [0.15, 0.2) is 4.36 Å². The molecule has 1 aliphatic heterocycles. The maximum absolute atomic E-state index is 12.0. The summed E-state index contributed by atoms with van der Waals surface area (Å²) in [7, 11) is -1.89. The predicted octanol–water partition coefficient (Wildman–Crippen LogP) is 0.856. The van der Waals surface area contributed by atoms with Gasteiger partial charge in [-0.25, -0.2) is 8.57 Å². The van der Waals surface area contributed by atoms with E-state index in [1.807, 2.05) is 20.8 Å². The molecule has 0 unspecified atom stereocenters. The summed E-state index contributed by atoms with van der Waals surface area (Å²) in [5, 5.41) is 3.19. The minimum atomic E-state index is -1.89. The molecule has 1 saturated heterocycles. The van der Waals surface area contributed by atoms with Crippen molar-refractivity contribution < 1.29 is 4.21 Å². The summed E-state index contributed by atoms with van der Waals surface area (Å²) in [6.45, 7) is 7.70. The second-order valence-corrected chi connectivity index (χ2v) is 6.74. The highest BCUT2D eigenvalue weighted by molar-refractivity contribution is 7.93. The van der Waals surface area contributed by atoms with Crippen molar-refractivity contribution in [2.45, 2.75) is 26.3 Å². The van der Waals surface area contributed by atoms with Gasteiger partial charge in [0.1, 0.15) is 0 Å². The molecular weight excluding hydrogens is 172 g/mol. The van der Waals surface area contributed by atoms with Crippen LogP contribution in [0.1, 0.15) is 20.8 Å². The van der Waals surface area contributed by atoms with E-state index >= 15 is 0 Å². The Labute approximate surface area is 75.1 Å². The lowest BCUT2D eigenvalue weighted by Gasteiger charge is -2.21. The van der Waals surface area contributed by atoms with Crippen molar-refractivity contribution in [3.8, 4) is 0 Å². The van der Waals surface area contributed by atoms with Crippen molar-refractivity contribution in [3.63, 3.8) is 0 Å². The molecule has 0 aromatic carbocycles. The van der Waals surface area contributed by atoms with Crippen molar-refractivity contribution in [3.05, 3.63) is 0 Å². The molecule has 72 valence electrons. The van der Waals surface area contributed by atoms with Gasteiger partial charge in [0.05, 0.1) is 5.54 Å². The van der Waals surface area contributed by atoms with Crippen LogP contribution in [0.2, 0.25) is 0 Å². The van der Waals surface area contributed by atoms with Crippen molar-refractivity contribution in [1.29, 1.82) is 0 Å². The minimum Gasteiger partial charge on any atom is -0.315 e. The zero-order chi connectivity index (χ0) is 9.24. The summed E-state index contributed by atoms with van der Waals surface area (Å²) >= 11 is 0. The number of rotatable bonds is 0. The lowest BCUT2D eigenvalue weighted by atomic mass is 10.1. The lowest BCUT2D eigenvalue weighted by Crippen LogP contribution is -2.37. The number of hydrogen-bond acceptors (Lipinski definition) is 3. The van der Waals surface area contributed by atoms with Gasteiger partial charge < -0.3 is 5.32 Å². The molecule has 1 fully saturated rings. The second-order valence-electron chi connectivity index (χ2n) is 4.19. The highest BCUT2D eigenvalue weighted by Gasteiger charge is 2.18. The highest BCUT2D eigenvalue weighted by Crippen LogP contribution is 2.12. The van der Waals surface area contributed by atoms with E-state index in [-0.39, 0.29) is 5.54 Å². The Hall–Kier alpha value is -0.0900. The summed E-state index contributed by atoms with van der Waals surface area (Å²) in [4.78, 5) is 0. The first-order valence-corrected chi connectivity index (χ1v) is 6.21. The number of nitrogens with one attached hydrogen (secondary N) is 1. The van der Waals surface area contributed by atoms with Crippen LogP contribution >= 0.6 is 0 Å². The molecule has 0 spiro atoms. The SMILES string of the molecule is CC(C)(C)N=S1(=O)CCNCC1. The van der Waals surface area contributed by atoms with Gasteiger partial charge in [-0.15, -0.1) is 0 Å². The molecule has 1 rings (SSSR count). The van der Waals surface area contributed by atoms with Gasteiger partial charge >= 0.3 is 0 Å². The van der Waals surface area contributed by atoms with Crippen LogP contribution in [0, 0.1) is 0 Å². The van der Waals surface area contributed by atoms with Crippen LogP contribution in [0.3, 0.4) is 0 Å². The van der Waals surface area contributed by atoms with Gasteiger partial charge in [-0.1, -0.05) is 0 Å². The zero-order valence-corrected chi connectivity index (χ0v) is 8.91. The maximum atomic E-state index is 12.0. The van der Waals surface area contributed by atoms with Gasteiger partial charge in [-0.2, -0.15) is 0 Å². The van der Waals surface area contributed by atoms with Gasteiger partial charge in [0.2, 0.25) is 0 Å². The molecule has 0 atom stereocenters. The molecule has 0 amide bonds. The summed E-state index contributed by atoms with van der Waals surface area (Å²) in [5.41, 5.74) is -0.158. The van der Waals surface area contributed by atoms with E-state index in [1.54, 1.807) is 0 Å². The fourth-order valence-electron chi connectivity index (χ4n) is 1.28. The van der Waals surface area contributed by atoms with Crippen LogP contribution in [-0.4, -0.2) is 34.3 Å². The van der Waals surface area contributed by atoms with Crippen LogP contribution < -0.4 is 5.32 Å². The Balaban J connectivity index is 2.83. The predicted molar refractivity (Wildman–Crippen MR) is 52.9 cm³/mol. The zero-order valence-electron chi connectivity index (χ0n) is 8.09. The van der Waals surface area contributed by atoms with E-state index < -0.39 is 9.73 Å². The van der Waals surface area contributed by atoms with Gasteiger partial charge in [0, 0.05) is 34.3 Å². The van der Waals surface area contributed by atoms with Crippen LogP contribution in [0.25, 0.3) is 0 Å². The largest absolute Gasteiger partial charge is 0.315 e. The minimum absolute atomic E-state index is 0.158. The third kappa shape index (κ3) is 3.11. The topological polar surface area (TPSA) is 41.5 Å². The Morgan fingerprint density at radius 1 is 1.25 bits per heavy atom. The first kappa shape index (κ1) is 9.99. The summed E-state index contributed by atoms with van der Waals surface area (Å²) in [6, 6.07) is 0.